The molecule has 3 nitrogen and oxygen atoms in total. The molecule has 3 rings (SSSR count). The maximum absolute atomic E-state index is 11.8. The van der Waals surface area contributed by atoms with Gasteiger partial charge in [0.15, 0.2) is 0 Å². The van der Waals surface area contributed by atoms with Crippen LogP contribution < -0.4 is 0 Å². The lowest BCUT2D eigenvalue weighted by atomic mass is 9.69. The van der Waals surface area contributed by atoms with Gasteiger partial charge in [0.25, 0.3) is 0 Å². The van der Waals surface area contributed by atoms with Gasteiger partial charge in [0.1, 0.15) is 0 Å². The van der Waals surface area contributed by atoms with Gasteiger partial charge < -0.3 is 10.2 Å². The smallest absolute Gasteiger partial charge is 0.314 e. The van der Waals surface area contributed by atoms with E-state index in [1.54, 1.807) is 0 Å². The van der Waals surface area contributed by atoms with Crippen LogP contribution >= 0.6 is 0 Å². The summed E-state index contributed by atoms with van der Waals surface area (Å²) in [6.45, 7) is 0. The van der Waals surface area contributed by atoms with Gasteiger partial charge in [-0.15, -0.1) is 0 Å². The second kappa shape index (κ2) is 4.88. The number of carboxylic acids is 1. The molecule has 0 aliphatic heterocycles. The highest BCUT2D eigenvalue weighted by Gasteiger charge is 2.42. The van der Waals surface area contributed by atoms with Crippen LogP contribution in [-0.4, -0.2) is 21.8 Å². The Hall–Kier alpha value is -1.35. The van der Waals surface area contributed by atoms with Crippen LogP contribution in [0.25, 0.3) is 0 Å². The van der Waals surface area contributed by atoms with Gasteiger partial charge in [-0.25, -0.2) is 0 Å². The van der Waals surface area contributed by atoms with Crippen molar-refractivity contribution in [2.45, 2.75) is 62.4 Å². The molecule has 2 fully saturated rings. The first-order valence-electron chi connectivity index (χ1n) is 7.59. The summed E-state index contributed by atoms with van der Waals surface area (Å²) in [7, 11) is 0. The van der Waals surface area contributed by atoms with Crippen LogP contribution in [0.15, 0.2) is 24.3 Å². The largest absolute Gasteiger partial charge is 0.481 e. The molecule has 20 heavy (non-hydrogen) atoms. The summed E-state index contributed by atoms with van der Waals surface area (Å²) >= 11 is 0. The highest BCUT2D eigenvalue weighted by molar-refractivity contribution is 5.81. The average Bonchev–Trinajstić information content (AvgIpc) is 3.17. The highest BCUT2D eigenvalue weighted by Crippen LogP contribution is 2.41. The molecule has 2 aliphatic rings. The van der Waals surface area contributed by atoms with Crippen LogP contribution in [0, 0.1) is 0 Å². The predicted molar refractivity (Wildman–Crippen MR) is 76.7 cm³/mol. The number of hydrogen-bond acceptors (Lipinski definition) is 2. The van der Waals surface area contributed by atoms with E-state index in [1.165, 1.54) is 0 Å². The van der Waals surface area contributed by atoms with Gasteiger partial charge in [-0.05, 0) is 36.8 Å². The quantitative estimate of drug-likeness (QED) is 0.887. The third kappa shape index (κ3) is 2.47. The van der Waals surface area contributed by atoms with Crippen molar-refractivity contribution >= 4 is 5.97 Å². The predicted octanol–water partition coefficient (Wildman–Crippen LogP) is 3.04. The van der Waals surface area contributed by atoms with Crippen LogP contribution in [-0.2, 0) is 16.6 Å². The van der Waals surface area contributed by atoms with Gasteiger partial charge in [-0.1, -0.05) is 43.5 Å². The molecule has 0 unspecified atom stereocenters. The zero-order valence-electron chi connectivity index (χ0n) is 11.8. The lowest BCUT2D eigenvalue weighted by molar-refractivity contribution is -0.145. The fraction of sp³-hybridized carbons (Fsp3) is 0.588. The van der Waals surface area contributed by atoms with E-state index in [-0.39, 0.29) is 0 Å². The van der Waals surface area contributed by atoms with Crippen LogP contribution in [0.5, 0.6) is 0 Å². The molecule has 0 radical (unpaired) electrons. The second-order valence-corrected chi connectivity index (χ2v) is 6.55. The standard InChI is InChI=1S/C17H22O3/c18-15(19)17(8-2-1-3-9-17)14-6-4-13(5-7-14)12-16(20)10-11-16/h4-7,20H,1-3,8-12H2,(H,18,19). The summed E-state index contributed by atoms with van der Waals surface area (Å²) in [4.78, 5) is 11.8. The lowest BCUT2D eigenvalue weighted by Gasteiger charge is -2.33. The first-order valence-corrected chi connectivity index (χ1v) is 7.59. The molecule has 0 saturated heterocycles. The molecule has 2 N–H and O–H groups in total. The molecule has 0 amide bonds. The molecular weight excluding hydrogens is 252 g/mol. The fourth-order valence-corrected chi connectivity index (χ4v) is 3.42. The minimum absolute atomic E-state index is 0.489. The third-order valence-electron chi connectivity index (χ3n) is 4.98. The Labute approximate surface area is 119 Å². The van der Waals surface area contributed by atoms with Crippen LogP contribution in [0.1, 0.15) is 56.1 Å². The topological polar surface area (TPSA) is 57.5 Å². The molecule has 0 atom stereocenters. The van der Waals surface area contributed by atoms with Gasteiger partial charge >= 0.3 is 5.97 Å². The minimum atomic E-state index is -0.689. The van der Waals surface area contributed by atoms with Crippen LogP contribution in [0.4, 0.5) is 0 Å². The molecule has 0 bridgehead atoms. The van der Waals surface area contributed by atoms with Crippen LogP contribution in [0.3, 0.4) is 0 Å². The second-order valence-electron chi connectivity index (χ2n) is 6.55. The maximum atomic E-state index is 11.8. The number of aliphatic carboxylic acids is 1. The van der Waals surface area contributed by atoms with Gasteiger partial charge in [0.2, 0.25) is 0 Å². The molecule has 108 valence electrons. The average molecular weight is 274 g/mol. The van der Waals surface area contributed by atoms with Crippen LogP contribution in [0.2, 0.25) is 0 Å². The monoisotopic (exact) mass is 274 g/mol. The van der Waals surface area contributed by atoms with E-state index < -0.39 is 17.0 Å². The molecule has 0 heterocycles. The number of carboxylic acid groups (broad SMARTS) is 1. The van der Waals surface area contributed by atoms with E-state index in [0.717, 1.165) is 56.1 Å². The molecule has 0 spiro atoms. The molecule has 2 saturated carbocycles. The number of hydrogen-bond donors (Lipinski definition) is 2. The first-order chi connectivity index (χ1) is 9.54. The van der Waals surface area contributed by atoms with E-state index in [0.29, 0.717) is 6.42 Å². The molecule has 1 aromatic rings. The summed E-state index contributed by atoms with van der Waals surface area (Å²) in [5.74, 6) is -0.689. The summed E-state index contributed by atoms with van der Waals surface area (Å²) in [6, 6.07) is 7.90. The third-order valence-corrected chi connectivity index (χ3v) is 4.98. The summed E-state index contributed by atoms with van der Waals surface area (Å²) in [5, 5.41) is 19.6. The van der Waals surface area contributed by atoms with Crippen molar-refractivity contribution < 1.29 is 15.0 Å². The van der Waals surface area contributed by atoms with Gasteiger partial charge in [0, 0.05) is 6.42 Å². The lowest BCUT2D eigenvalue weighted by Crippen LogP contribution is -2.37. The van der Waals surface area contributed by atoms with E-state index >= 15 is 0 Å². The molecule has 2 aliphatic carbocycles. The Morgan fingerprint density at radius 2 is 1.60 bits per heavy atom. The van der Waals surface area contributed by atoms with Gasteiger partial charge in [-0.2, -0.15) is 0 Å². The molecular formula is C17H22O3. The number of rotatable bonds is 4. The number of benzene rings is 1. The minimum Gasteiger partial charge on any atom is -0.481 e. The molecule has 3 heteroatoms. The molecule has 0 aromatic heterocycles. The van der Waals surface area contributed by atoms with E-state index in [4.69, 9.17) is 0 Å². The van der Waals surface area contributed by atoms with Crippen molar-refractivity contribution in [1.82, 2.24) is 0 Å². The number of aliphatic hydroxyl groups is 1. The van der Waals surface area contributed by atoms with Crippen molar-refractivity contribution in [2.24, 2.45) is 0 Å². The van der Waals surface area contributed by atoms with Crippen molar-refractivity contribution in [3.63, 3.8) is 0 Å². The Morgan fingerprint density at radius 1 is 1.00 bits per heavy atom. The first kappa shape index (κ1) is 13.6. The van der Waals surface area contributed by atoms with Gasteiger partial charge in [-0.3, -0.25) is 4.79 Å². The van der Waals surface area contributed by atoms with E-state index in [2.05, 4.69) is 0 Å². The Kier molecular flexibility index (Phi) is 3.33. The van der Waals surface area contributed by atoms with Crippen molar-refractivity contribution in [1.29, 1.82) is 0 Å². The maximum Gasteiger partial charge on any atom is 0.314 e. The Morgan fingerprint density at radius 3 is 2.10 bits per heavy atom. The van der Waals surface area contributed by atoms with Crippen molar-refractivity contribution in [2.75, 3.05) is 0 Å². The van der Waals surface area contributed by atoms with Gasteiger partial charge in [0.05, 0.1) is 11.0 Å². The summed E-state index contributed by atoms with van der Waals surface area (Å²) < 4.78 is 0. The molecule has 1 aromatic carbocycles. The summed E-state index contributed by atoms with van der Waals surface area (Å²) in [5.41, 5.74) is 0.853. The summed E-state index contributed by atoms with van der Waals surface area (Å²) in [6.07, 6.45) is 7.06. The van der Waals surface area contributed by atoms with Crippen molar-refractivity contribution in [3.8, 4) is 0 Å². The van der Waals surface area contributed by atoms with Crippen molar-refractivity contribution in [3.05, 3.63) is 35.4 Å². The Bertz CT molecular complexity index is 493. The zero-order valence-corrected chi connectivity index (χ0v) is 11.8. The van der Waals surface area contributed by atoms with E-state index in [1.807, 2.05) is 24.3 Å². The SMILES string of the molecule is O=C(O)C1(c2ccc(CC3(O)CC3)cc2)CCCCC1. The normalized spacial score (nSPS) is 23.2. The van der Waals surface area contributed by atoms with E-state index in [9.17, 15) is 15.0 Å². The zero-order chi connectivity index (χ0) is 14.2. The number of carbonyl (C=O) groups is 1. The highest BCUT2D eigenvalue weighted by atomic mass is 16.4. The fourth-order valence-electron chi connectivity index (χ4n) is 3.42. The Balaban J connectivity index is 1.82.